The Hall–Kier alpha value is -1.40. The number of carbonyl (C=O) groups is 2. The number of aliphatic carboxylic acids is 1. The van der Waals surface area contributed by atoms with E-state index in [1.807, 2.05) is 0 Å². The van der Waals surface area contributed by atoms with Gasteiger partial charge in [0.2, 0.25) is 12.3 Å². The second-order valence-corrected chi connectivity index (χ2v) is 5.16. The summed E-state index contributed by atoms with van der Waals surface area (Å²) in [6.45, 7) is 0. The van der Waals surface area contributed by atoms with Crippen LogP contribution in [0.2, 0.25) is 10.0 Å². The van der Waals surface area contributed by atoms with Crippen LogP contribution >= 0.6 is 23.2 Å². The average Bonchev–Trinajstić information content (AvgIpc) is 2.36. The Morgan fingerprint density at radius 1 is 1.29 bits per heavy atom. The summed E-state index contributed by atoms with van der Waals surface area (Å²) in [7, 11) is 0. The molecule has 4 nitrogen and oxygen atoms in total. The molecule has 1 unspecified atom stereocenters. The SMILES string of the molecule is O=C(CCc1ccc(Cl)cc1Cl)NC(CC(F)F)C(=O)O. The Morgan fingerprint density at radius 2 is 1.95 bits per heavy atom. The zero-order valence-electron chi connectivity index (χ0n) is 10.8. The lowest BCUT2D eigenvalue weighted by Crippen LogP contribution is -2.42. The summed E-state index contributed by atoms with van der Waals surface area (Å²) >= 11 is 11.7. The first-order valence-corrected chi connectivity index (χ1v) is 6.79. The number of hydrogen-bond acceptors (Lipinski definition) is 2. The number of carboxylic acids is 1. The van der Waals surface area contributed by atoms with Gasteiger partial charge in [0.05, 0.1) is 0 Å². The van der Waals surface area contributed by atoms with E-state index >= 15 is 0 Å². The van der Waals surface area contributed by atoms with Gasteiger partial charge >= 0.3 is 5.97 Å². The number of alkyl halides is 2. The highest BCUT2D eigenvalue weighted by molar-refractivity contribution is 6.35. The summed E-state index contributed by atoms with van der Waals surface area (Å²) in [5.74, 6) is -2.12. The third kappa shape index (κ3) is 6.27. The molecule has 0 fully saturated rings. The Balaban J connectivity index is 2.54. The zero-order chi connectivity index (χ0) is 16.0. The van der Waals surface area contributed by atoms with Gasteiger partial charge in [-0.2, -0.15) is 0 Å². The number of hydrogen-bond donors (Lipinski definition) is 2. The first-order valence-electron chi connectivity index (χ1n) is 6.04. The molecule has 1 aromatic rings. The van der Waals surface area contributed by atoms with Crippen molar-refractivity contribution in [2.75, 3.05) is 0 Å². The van der Waals surface area contributed by atoms with Gasteiger partial charge in [0, 0.05) is 22.9 Å². The monoisotopic (exact) mass is 339 g/mol. The maximum absolute atomic E-state index is 12.2. The molecule has 0 bridgehead atoms. The van der Waals surface area contributed by atoms with Crippen LogP contribution in [0.4, 0.5) is 8.78 Å². The van der Waals surface area contributed by atoms with E-state index in [2.05, 4.69) is 5.32 Å². The van der Waals surface area contributed by atoms with Crippen LogP contribution in [0.1, 0.15) is 18.4 Å². The second-order valence-electron chi connectivity index (χ2n) is 4.32. The molecule has 116 valence electrons. The summed E-state index contributed by atoms with van der Waals surface area (Å²) in [5.41, 5.74) is 0.664. The van der Waals surface area contributed by atoms with Crippen molar-refractivity contribution in [2.45, 2.75) is 31.7 Å². The van der Waals surface area contributed by atoms with Gasteiger partial charge in [-0.1, -0.05) is 29.3 Å². The summed E-state index contributed by atoms with van der Waals surface area (Å²) < 4.78 is 24.4. The van der Waals surface area contributed by atoms with Gasteiger partial charge in [-0.3, -0.25) is 4.79 Å². The topological polar surface area (TPSA) is 66.4 Å². The maximum atomic E-state index is 12.2. The predicted octanol–water partition coefficient (Wildman–Crippen LogP) is 3.15. The van der Waals surface area contributed by atoms with Crippen LogP contribution in [0.5, 0.6) is 0 Å². The first-order chi connectivity index (χ1) is 9.79. The van der Waals surface area contributed by atoms with Crippen molar-refractivity contribution < 1.29 is 23.5 Å². The van der Waals surface area contributed by atoms with Crippen molar-refractivity contribution in [1.29, 1.82) is 0 Å². The highest BCUT2D eigenvalue weighted by atomic mass is 35.5. The van der Waals surface area contributed by atoms with Crippen molar-refractivity contribution in [3.05, 3.63) is 33.8 Å². The molecule has 1 amide bonds. The number of carbonyl (C=O) groups excluding carboxylic acids is 1. The number of rotatable bonds is 7. The maximum Gasteiger partial charge on any atom is 0.326 e. The number of amides is 1. The number of halogens is 4. The van der Waals surface area contributed by atoms with E-state index in [-0.39, 0.29) is 12.8 Å². The van der Waals surface area contributed by atoms with Gasteiger partial charge in [-0.25, -0.2) is 13.6 Å². The van der Waals surface area contributed by atoms with Crippen LogP contribution < -0.4 is 5.32 Å². The second kappa shape index (κ2) is 8.14. The number of aryl methyl sites for hydroxylation is 1. The molecule has 0 heterocycles. The first kappa shape index (κ1) is 17.7. The smallest absolute Gasteiger partial charge is 0.326 e. The Kier molecular flexibility index (Phi) is 6.84. The fourth-order valence-corrected chi connectivity index (χ4v) is 2.14. The van der Waals surface area contributed by atoms with Gasteiger partial charge in [-0.05, 0) is 24.1 Å². The van der Waals surface area contributed by atoms with Crippen LogP contribution in [0.15, 0.2) is 18.2 Å². The molecule has 0 saturated carbocycles. The summed E-state index contributed by atoms with van der Waals surface area (Å²) in [5, 5.41) is 11.6. The van der Waals surface area contributed by atoms with Crippen LogP contribution in [0, 0.1) is 0 Å². The lowest BCUT2D eigenvalue weighted by Gasteiger charge is -2.14. The third-order valence-corrected chi connectivity index (χ3v) is 3.27. The fourth-order valence-electron chi connectivity index (χ4n) is 1.64. The van der Waals surface area contributed by atoms with Crippen LogP contribution in [-0.2, 0) is 16.0 Å². The van der Waals surface area contributed by atoms with E-state index < -0.39 is 30.8 Å². The van der Waals surface area contributed by atoms with E-state index in [0.717, 1.165) is 0 Å². The molecule has 21 heavy (non-hydrogen) atoms. The summed E-state index contributed by atoms with van der Waals surface area (Å²) in [4.78, 5) is 22.4. The highest BCUT2D eigenvalue weighted by Gasteiger charge is 2.23. The van der Waals surface area contributed by atoms with Gasteiger partial charge < -0.3 is 10.4 Å². The van der Waals surface area contributed by atoms with Crippen molar-refractivity contribution in [2.24, 2.45) is 0 Å². The van der Waals surface area contributed by atoms with Gasteiger partial charge in [0.15, 0.2) is 0 Å². The van der Waals surface area contributed by atoms with Crippen molar-refractivity contribution >= 4 is 35.1 Å². The quantitative estimate of drug-likeness (QED) is 0.801. The Bertz CT molecular complexity index is 526. The van der Waals surface area contributed by atoms with E-state index in [0.29, 0.717) is 15.6 Å². The van der Waals surface area contributed by atoms with Crippen molar-refractivity contribution in [3.63, 3.8) is 0 Å². The molecule has 8 heteroatoms. The molecule has 0 aliphatic carbocycles. The summed E-state index contributed by atoms with van der Waals surface area (Å²) in [6, 6.07) is 3.18. The minimum Gasteiger partial charge on any atom is -0.480 e. The van der Waals surface area contributed by atoms with E-state index in [4.69, 9.17) is 28.3 Å². The Labute approximate surface area is 130 Å². The molecule has 0 aromatic heterocycles. The molecule has 2 N–H and O–H groups in total. The molecule has 0 aliphatic rings. The molecule has 1 rings (SSSR count). The van der Waals surface area contributed by atoms with E-state index in [1.165, 1.54) is 6.07 Å². The molecule has 0 aliphatic heterocycles. The van der Waals surface area contributed by atoms with Gasteiger partial charge in [0.1, 0.15) is 6.04 Å². The van der Waals surface area contributed by atoms with Crippen molar-refractivity contribution in [1.82, 2.24) is 5.32 Å². The third-order valence-electron chi connectivity index (χ3n) is 2.68. The number of carboxylic acid groups (broad SMARTS) is 1. The predicted molar refractivity (Wildman–Crippen MR) is 75.0 cm³/mol. The van der Waals surface area contributed by atoms with Crippen LogP contribution in [-0.4, -0.2) is 29.5 Å². The van der Waals surface area contributed by atoms with E-state index in [9.17, 15) is 18.4 Å². The number of benzene rings is 1. The van der Waals surface area contributed by atoms with E-state index in [1.54, 1.807) is 12.1 Å². The minimum absolute atomic E-state index is 0.0611. The molecule has 0 saturated heterocycles. The largest absolute Gasteiger partial charge is 0.480 e. The molecular weight excluding hydrogens is 327 g/mol. The standard InChI is InChI=1S/C13H13Cl2F2NO3/c14-8-3-1-7(9(15)5-8)2-4-12(19)18-10(13(20)21)6-11(16)17/h1,3,5,10-11H,2,4,6H2,(H,18,19)(H,20,21). The molecule has 0 radical (unpaired) electrons. The van der Waals surface area contributed by atoms with Gasteiger partial charge in [-0.15, -0.1) is 0 Å². The normalized spacial score (nSPS) is 12.2. The highest BCUT2D eigenvalue weighted by Crippen LogP contribution is 2.22. The van der Waals surface area contributed by atoms with Gasteiger partial charge in [0.25, 0.3) is 0 Å². The molecular formula is C13H13Cl2F2NO3. The molecule has 1 atom stereocenters. The van der Waals surface area contributed by atoms with Crippen molar-refractivity contribution in [3.8, 4) is 0 Å². The summed E-state index contributed by atoms with van der Waals surface area (Å²) in [6.07, 6.45) is -3.54. The Morgan fingerprint density at radius 3 is 2.48 bits per heavy atom. The average molecular weight is 340 g/mol. The van der Waals surface area contributed by atoms with Crippen LogP contribution in [0.3, 0.4) is 0 Å². The van der Waals surface area contributed by atoms with Crippen LogP contribution in [0.25, 0.3) is 0 Å². The molecule has 1 aromatic carbocycles. The minimum atomic E-state index is -2.81. The fraction of sp³-hybridized carbons (Fsp3) is 0.385. The lowest BCUT2D eigenvalue weighted by molar-refractivity contribution is -0.143. The number of nitrogens with one attached hydrogen (secondary N) is 1. The zero-order valence-corrected chi connectivity index (χ0v) is 12.3. The lowest BCUT2D eigenvalue weighted by atomic mass is 10.1. The molecule has 0 spiro atoms.